The Morgan fingerprint density at radius 1 is 1.41 bits per heavy atom. The van der Waals surface area contributed by atoms with Crippen molar-refractivity contribution in [3.63, 3.8) is 0 Å². The Balaban J connectivity index is 3.29. The molecule has 0 aliphatic carbocycles. The van der Waals surface area contributed by atoms with Crippen LogP contribution in [0.5, 0.6) is 0 Å². The predicted octanol–water partition coefficient (Wildman–Crippen LogP) is 3.55. The smallest absolute Gasteiger partial charge is 0.265 e. The van der Waals surface area contributed by atoms with Crippen LogP contribution < -0.4 is 0 Å². The summed E-state index contributed by atoms with van der Waals surface area (Å²) in [7, 11) is 0. The number of benzene rings is 1. The molecule has 1 unspecified atom stereocenters. The zero-order valence-electron chi connectivity index (χ0n) is 8.79. The summed E-state index contributed by atoms with van der Waals surface area (Å²) in [6, 6.07) is 5.47. The van der Waals surface area contributed by atoms with Crippen LogP contribution in [0.1, 0.15) is 12.5 Å². The maximum atomic E-state index is 13.0. The Labute approximate surface area is 104 Å². The highest BCUT2D eigenvalue weighted by molar-refractivity contribution is 9.10. The molecule has 3 nitrogen and oxygen atoms in total. The van der Waals surface area contributed by atoms with Crippen LogP contribution in [0.25, 0.3) is 0 Å². The number of hydrogen-bond donors (Lipinski definition) is 0. The lowest BCUT2D eigenvalue weighted by molar-refractivity contribution is -0.500. The van der Waals surface area contributed by atoms with Gasteiger partial charge in [-0.2, -0.15) is 13.2 Å². The molecule has 0 heterocycles. The van der Waals surface area contributed by atoms with Gasteiger partial charge in [0.2, 0.25) is 6.54 Å². The molecule has 0 aliphatic heterocycles. The summed E-state index contributed by atoms with van der Waals surface area (Å²) < 4.78 is 39.3. The first-order valence-electron chi connectivity index (χ1n) is 4.61. The first-order chi connectivity index (χ1) is 7.67. The van der Waals surface area contributed by atoms with Gasteiger partial charge in [-0.05, 0) is 24.6 Å². The fraction of sp³-hybridized carbons (Fsp3) is 0.400. The van der Waals surface area contributed by atoms with Gasteiger partial charge >= 0.3 is 6.18 Å². The number of hydrogen-bond acceptors (Lipinski definition) is 2. The van der Waals surface area contributed by atoms with Gasteiger partial charge in [-0.15, -0.1) is 0 Å². The van der Waals surface area contributed by atoms with E-state index in [2.05, 4.69) is 15.9 Å². The van der Waals surface area contributed by atoms with Crippen LogP contribution in [0.15, 0.2) is 28.7 Å². The number of nitrogens with zero attached hydrogens (tertiary/aromatic N) is 1. The lowest BCUT2D eigenvalue weighted by Crippen LogP contribution is -2.45. The third kappa shape index (κ3) is 2.96. The molecule has 7 heteroatoms. The average molecular weight is 312 g/mol. The van der Waals surface area contributed by atoms with Crippen LogP contribution in [-0.2, 0) is 5.41 Å². The molecule has 0 fully saturated rings. The van der Waals surface area contributed by atoms with Crippen LogP contribution in [0.3, 0.4) is 0 Å². The molecule has 0 amide bonds. The van der Waals surface area contributed by atoms with Gasteiger partial charge in [0.1, 0.15) is 0 Å². The molecule has 0 spiro atoms. The van der Waals surface area contributed by atoms with E-state index < -0.39 is 23.1 Å². The summed E-state index contributed by atoms with van der Waals surface area (Å²) in [6.07, 6.45) is -4.68. The molecule has 0 aromatic heterocycles. The van der Waals surface area contributed by atoms with Gasteiger partial charge in [-0.25, -0.2) is 0 Å². The van der Waals surface area contributed by atoms with Crippen molar-refractivity contribution in [1.29, 1.82) is 0 Å². The Kier molecular flexibility index (Phi) is 3.81. The number of alkyl halides is 3. The molecule has 0 saturated carbocycles. The zero-order valence-corrected chi connectivity index (χ0v) is 10.4. The van der Waals surface area contributed by atoms with Gasteiger partial charge in [-0.3, -0.25) is 10.1 Å². The summed E-state index contributed by atoms with van der Waals surface area (Å²) in [6.45, 7) is -0.357. The average Bonchev–Trinajstić information content (AvgIpc) is 2.14. The molecule has 0 saturated heterocycles. The van der Waals surface area contributed by atoms with Crippen molar-refractivity contribution >= 4 is 15.9 Å². The lowest BCUT2D eigenvalue weighted by Gasteiger charge is -2.28. The quantitative estimate of drug-likeness (QED) is 0.633. The zero-order chi connectivity index (χ0) is 13.3. The minimum atomic E-state index is -4.68. The normalized spacial score (nSPS) is 15.4. The van der Waals surface area contributed by atoms with Gasteiger partial charge in [0.25, 0.3) is 0 Å². The largest absolute Gasteiger partial charge is 0.404 e. The Bertz CT molecular complexity index is 436. The fourth-order valence-electron chi connectivity index (χ4n) is 1.43. The highest BCUT2D eigenvalue weighted by Gasteiger charge is 2.56. The third-order valence-electron chi connectivity index (χ3n) is 2.53. The van der Waals surface area contributed by atoms with Gasteiger partial charge in [-0.1, -0.05) is 28.1 Å². The fourth-order valence-corrected chi connectivity index (χ4v) is 1.83. The molecular formula is C10H9BrF3NO2. The van der Waals surface area contributed by atoms with Crippen LogP contribution >= 0.6 is 15.9 Å². The lowest BCUT2D eigenvalue weighted by atomic mass is 9.82. The number of nitro groups is 1. The van der Waals surface area contributed by atoms with E-state index in [1.54, 1.807) is 6.07 Å². The summed E-state index contributed by atoms with van der Waals surface area (Å²) in [5.41, 5.74) is -2.61. The predicted molar refractivity (Wildman–Crippen MR) is 59.4 cm³/mol. The van der Waals surface area contributed by atoms with E-state index in [1.165, 1.54) is 18.2 Å². The Hall–Kier alpha value is -1.11. The first kappa shape index (κ1) is 14.0. The van der Waals surface area contributed by atoms with Gasteiger partial charge in [0, 0.05) is 9.40 Å². The molecule has 0 radical (unpaired) electrons. The van der Waals surface area contributed by atoms with E-state index in [1.807, 2.05) is 0 Å². The second-order valence-electron chi connectivity index (χ2n) is 3.83. The summed E-state index contributed by atoms with van der Waals surface area (Å²) in [5, 5.41) is 10.4. The van der Waals surface area contributed by atoms with Gasteiger partial charge in [0.15, 0.2) is 5.41 Å². The second kappa shape index (κ2) is 4.64. The summed E-state index contributed by atoms with van der Waals surface area (Å²) >= 11 is 3.05. The number of rotatable bonds is 3. The maximum Gasteiger partial charge on any atom is 0.404 e. The minimum absolute atomic E-state index is 0.129. The molecule has 1 atom stereocenters. The number of halogens is 4. The van der Waals surface area contributed by atoms with Crippen LogP contribution in [0.4, 0.5) is 13.2 Å². The van der Waals surface area contributed by atoms with Crippen molar-refractivity contribution in [1.82, 2.24) is 0 Å². The van der Waals surface area contributed by atoms with Crippen molar-refractivity contribution in [2.24, 2.45) is 0 Å². The van der Waals surface area contributed by atoms with E-state index in [9.17, 15) is 23.3 Å². The van der Waals surface area contributed by atoms with E-state index in [0.29, 0.717) is 4.47 Å². The van der Waals surface area contributed by atoms with E-state index in [-0.39, 0.29) is 5.56 Å². The van der Waals surface area contributed by atoms with Crippen molar-refractivity contribution in [2.75, 3.05) is 6.54 Å². The van der Waals surface area contributed by atoms with E-state index in [4.69, 9.17) is 0 Å². The third-order valence-corrected chi connectivity index (χ3v) is 3.03. The van der Waals surface area contributed by atoms with Gasteiger partial charge < -0.3 is 0 Å². The Morgan fingerprint density at radius 3 is 2.41 bits per heavy atom. The first-order valence-corrected chi connectivity index (χ1v) is 5.41. The van der Waals surface area contributed by atoms with Crippen molar-refractivity contribution in [3.8, 4) is 0 Å². The standard InChI is InChI=1S/C10H9BrF3NO2/c1-9(6-15(16)17,10(12,13)14)7-3-2-4-8(11)5-7/h2-5H,6H2,1H3. The second-order valence-corrected chi connectivity index (χ2v) is 4.75. The molecule has 0 N–H and O–H groups in total. The molecule has 0 aliphatic rings. The highest BCUT2D eigenvalue weighted by atomic mass is 79.9. The summed E-state index contributed by atoms with van der Waals surface area (Å²) in [4.78, 5) is 9.46. The van der Waals surface area contributed by atoms with E-state index >= 15 is 0 Å². The molecule has 1 rings (SSSR count). The van der Waals surface area contributed by atoms with Crippen LogP contribution in [-0.4, -0.2) is 17.6 Å². The van der Waals surface area contributed by atoms with Gasteiger partial charge in [0.05, 0.1) is 0 Å². The SMILES string of the molecule is CC(C[N+](=O)[O-])(c1cccc(Br)c1)C(F)(F)F. The minimum Gasteiger partial charge on any atom is -0.265 e. The highest BCUT2D eigenvalue weighted by Crippen LogP contribution is 2.41. The Morgan fingerprint density at radius 2 is 2.00 bits per heavy atom. The monoisotopic (exact) mass is 311 g/mol. The molecule has 0 bridgehead atoms. The van der Waals surface area contributed by atoms with Crippen molar-refractivity contribution < 1.29 is 18.1 Å². The molecule has 17 heavy (non-hydrogen) atoms. The van der Waals surface area contributed by atoms with Crippen LogP contribution in [0, 0.1) is 10.1 Å². The van der Waals surface area contributed by atoms with Crippen molar-refractivity contribution in [2.45, 2.75) is 18.5 Å². The van der Waals surface area contributed by atoms with Crippen LogP contribution in [0.2, 0.25) is 0 Å². The molecular weight excluding hydrogens is 303 g/mol. The maximum absolute atomic E-state index is 13.0. The molecule has 1 aromatic carbocycles. The van der Waals surface area contributed by atoms with Crippen molar-refractivity contribution in [3.05, 3.63) is 44.4 Å². The molecule has 1 aromatic rings. The van der Waals surface area contributed by atoms with E-state index in [0.717, 1.165) is 6.92 Å². The summed E-state index contributed by atoms with van der Waals surface area (Å²) in [5.74, 6) is 0. The molecule has 94 valence electrons. The topological polar surface area (TPSA) is 43.1 Å².